The second-order valence-corrected chi connectivity index (χ2v) is 6.05. The smallest absolute Gasteiger partial charge is 0.303 e. The van der Waals surface area contributed by atoms with Gasteiger partial charge in [0, 0.05) is 23.9 Å². The molecule has 2 aromatic rings. The molecule has 2 N–H and O–H groups in total. The fourth-order valence-corrected chi connectivity index (χ4v) is 2.81. The predicted octanol–water partition coefficient (Wildman–Crippen LogP) is 2.58. The Morgan fingerprint density at radius 1 is 1.32 bits per heavy atom. The summed E-state index contributed by atoms with van der Waals surface area (Å²) in [4.78, 5) is 26.9. The number of thiazole rings is 1. The minimum absolute atomic E-state index is 0.0507. The van der Waals surface area contributed by atoms with E-state index in [1.54, 1.807) is 6.92 Å². The van der Waals surface area contributed by atoms with Crippen molar-refractivity contribution >= 4 is 23.2 Å². The molecule has 1 heterocycles. The Kier molecular flexibility index (Phi) is 5.66. The van der Waals surface area contributed by atoms with Crippen molar-refractivity contribution in [3.8, 4) is 10.6 Å². The lowest BCUT2D eigenvalue weighted by atomic mass is 10.1. The topological polar surface area (TPSA) is 79.3 Å². The number of nitrogens with one attached hydrogen (secondary N) is 1. The van der Waals surface area contributed by atoms with E-state index in [2.05, 4.69) is 10.3 Å². The van der Waals surface area contributed by atoms with Crippen LogP contribution in [-0.4, -0.2) is 28.5 Å². The molecule has 0 bridgehead atoms. The molecular weight excluding hydrogens is 300 g/mol. The number of hydrogen-bond acceptors (Lipinski definition) is 4. The van der Waals surface area contributed by atoms with Gasteiger partial charge in [0.05, 0.1) is 12.1 Å². The molecule has 6 heteroatoms. The number of aromatic nitrogens is 1. The SMILES string of the molecule is CC(CNC(=O)Cc1csc(-c2ccccc2)n1)CC(=O)O. The summed E-state index contributed by atoms with van der Waals surface area (Å²) < 4.78 is 0. The molecule has 0 radical (unpaired) electrons. The molecule has 0 aliphatic rings. The van der Waals surface area contributed by atoms with Gasteiger partial charge in [-0.05, 0) is 5.92 Å². The summed E-state index contributed by atoms with van der Waals surface area (Å²) in [7, 11) is 0. The maximum atomic E-state index is 11.9. The maximum absolute atomic E-state index is 11.9. The van der Waals surface area contributed by atoms with Gasteiger partial charge in [-0.25, -0.2) is 4.98 Å². The minimum atomic E-state index is -0.853. The first kappa shape index (κ1) is 16.2. The maximum Gasteiger partial charge on any atom is 0.303 e. The molecule has 1 aromatic carbocycles. The summed E-state index contributed by atoms with van der Waals surface area (Å²) in [5.41, 5.74) is 1.77. The third kappa shape index (κ3) is 4.96. The lowest BCUT2D eigenvalue weighted by Gasteiger charge is -2.09. The van der Waals surface area contributed by atoms with Gasteiger partial charge in [-0.3, -0.25) is 9.59 Å². The highest BCUT2D eigenvalue weighted by molar-refractivity contribution is 7.13. The van der Waals surface area contributed by atoms with Crippen LogP contribution in [0.3, 0.4) is 0 Å². The third-order valence-corrected chi connectivity index (χ3v) is 4.03. The Morgan fingerprint density at radius 2 is 2.05 bits per heavy atom. The van der Waals surface area contributed by atoms with E-state index in [9.17, 15) is 9.59 Å². The second kappa shape index (κ2) is 7.70. The fraction of sp³-hybridized carbons (Fsp3) is 0.312. The van der Waals surface area contributed by atoms with Gasteiger partial charge in [-0.2, -0.15) is 0 Å². The summed E-state index contributed by atoms with van der Waals surface area (Å²) >= 11 is 1.51. The van der Waals surface area contributed by atoms with Crippen LogP contribution >= 0.6 is 11.3 Å². The van der Waals surface area contributed by atoms with Crippen LogP contribution in [-0.2, 0) is 16.0 Å². The van der Waals surface area contributed by atoms with Crippen molar-refractivity contribution in [2.75, 3.05) is 6.54 Å². The van der Waals surface area contributed by atoms with Crippen LogP contribution in [0.5, 0.6) is 0 Å². The van der Waals surface area contributed by atoms with Crippen molar-refractivity contribution in [2.24, 2.45) is 5.92 Å². The number of aliphatic carboxylic acids is 1. The van der Waals surface area contributed by atoms with E-state index in [1.165, 1.54) is 11.3 Å². The van der Waals surface area contributed by atoms with Crippen LogP contribution in [0.2, 0.25) is 0 Å². The summed E-state index contributed by atoms with van der Waals surface area (Å²) in [6.45, 7) is 2.16. The normalized spacial score (nSPS) is 11.9. The quantitative estimate of drug-likeness (QED) is 0.822. The van der Waals surface area contributed by atoms with Gasteiger partial charge in [0.1, 0.15) is 5.01 Å². The predicted molar refractivity (Wildman–Crippen MR) is 85.7 cm³/mol. The Morgan fingerprint density at radius 3 is 2.73 bits per heavy atom. The third-order valence-electron chi connectivity index (χ3n) is 3.08. The Balaban J connectivity index is 1.85. The Bertz CT molecular complexity index is 640. The number of carbonyl (C=O) groups is 2. The molecule has 0 aliphatic carbocycles. The molecule has 0 spiro atoms. The number of carboxylic acids is 1. The van der Waals surface area contributed by atoms with E-state index < -0.39 is 5.97 Å². The van der Waals surface area contributed by atoms with E-state index >= 15 is 0 Å². The lowest BCUT2D eigenvalue weighted by molar-refractivity contribution is -0.138. The van der Waals surface area contributed by atoms with Crippen LogP contribution in [0.1, 0.15) is 19.0 Å². The standard InChI is InChI=1S/C16H18N2O3S/c1-11(7-15(20)21)9-17-14(19)8-13-10-22-16(18-13)12-5-3-2-4-6-12/h2-6,10-11H,7-9H2,1H3,(H,17,19)(H,20,21). The van der Waals surface area contributed by atoms with Crippen LogP contribution in [0.4, 0.5) is 0 Å². The number of amides is 1. The summed E-state index contributed by atoms with van der Waals surface area (Å²) in [5, 5.41) is 14.2. The van der Waals surface area contributed by atoms with Crippen molar-refractivity contribution in [1.29, 1.82) is 0 Å². The van der Waals surface area contributed by atoms with E-state index in [4.69, 9.17) is 5.11 Å². The first-order valence-corrected chi connectivity index (χ1v) is 7.91. The highest BCUT2D eigenvalue weighted by Crippen LogP contribution is 2.23. The zero-order valence-electron chi connectivity index (χ0n) is 12.3. The average molecular weight is 318 g/mol. The van der Waals surface area contributed by atoms with Crippen molar-refractivity contribution in [3.63, 3.8) is 0 Å². The van der Waals surface area contributed by atoms with Gasteiger partial charge >= 0.3 is 5.97 Å². The number of carboxylic acid groups (broad SMARTS) is 1. The van der Waals surface area contributed by atoms with Crippen LogP contribution < -0.4 is 5.32 Å². The highest BCUT2D eigenvalue weighted by Gasteiger charge is 2.11. The largest absolute Gasteiger partial charge is 0.481 e. The van der Waals surface area contributed by atoms with Crippen LogP contribution in [0, 0.1) is 5.92 Å². The Labute approximate surface area is 133 Å². The van der Waals surface area contributed by atoms with Crippen LogP contribution in [0.25, 0.3) is 10.6 Å². The van der Waals surface area contributed by atoms with Crippen molar-refractivity contribution in [3.05, 3.63) is 41.4 Å². The number of benzene rings is 1. The first-order valence-electron chi connectivity index (χ1n) is 7.03. The minimum Gasteiger partial charge on any atom is -0.481 e. The summed E-state index contributed by atoms with van der Waals surface area (Å²) in [6.07, 6.45) is 0.262. The van der Waals surface area contributed by atoms with Crippen molar-refractivity contribution < 1.29 is 14.7 Å². The van der Waals surface area contributed by atoms with Crippen molar-refractivity contribution in [1.82, 2.24) is 10.3 Å². The van der Waals surface area contributed by atoms with Gasteiger partial charge in [0.15, 0.2) is 0 Å². The molecule has 1 unspecified atom stereocenters. The molecule has 0 saturated heterocycles. The van der Waals surface area contributed by atoms with Gasteiger partial charge in [-0.1, -0.05) is 37.3 Å². The molecule has 0 saturated carbocycles. The molecule has 116 valence electrons. The zero-order valence-corrected chi connectivity index (χ0v) is 13.1. The molecule has 0 fully saturated rings. The van der Waals surface area contributed by atoms with Gasteiger partial charge in [0.2, 0.25) is 5.91 Å². The summed E-state index contributed by atoms with van der Waals surface area (Å²) in [6, 6.07) is 9.82. The molecule has 1 amide bonds. The van der Waals surface area contributed by atoms with Crippen molar-refractivity contribution in [2.45, 2.75) is 19.8 Å². The van der Waals surface area contributed by atoms with Crippen LogP contribution in [0.15, 0.2) is 35.7 Å². The molecule has 22 heavy (non-hydrogen) atoms. The monoisotopic (exact) mass is 318 g/mol. The molecule has 1 atom stereocenters. The number of rotatable bonds is 7. The molecule has 0 aliphatic heterocycles. The van der Waals surface area contributed by atoms with E-state index in [0.29, 0.717) is 6.54 Å². The van der Waals surface area contributed by atoms with Gasteiger partial charge < -0.3 is 10.4 Å². The molecule has 5 nitrogen and oxygen atoms in total. The number of hydrogen-bond donors (Lipinski definition) is 2. The molecular formula is C16H18N2O3S. The van der Waals surface area contributed by atoms with E-state index in [0.717, 1.165) is 16.3 Å². The highest BCUT2D eigenvalue weighted by atomic mass is 32.1. The average Bonchev–Trinajstić information content (AvgIpc) is 2.94. The zero-order chi connectivity index (χ0) is 15.9. The fourth-order valence-electron chi connectivity index (χ4n) is 1.99. The number of carbonyl (C=O) groups excluding carboxylic acids is 1. The molecule has 1 aromatic heterocycles. The van der Waals surface area contributed by atoms with Gasteiger partial charge in [0.25, 0.3) is 0 Å². The second-order valence-electron chi connectivity index (χ2n) is 5.19. The first-order chi connectivity index (χ1) is 10.5. The summed E-state index contributed by atoms with van der Waals surface area (Å²) in [5.74, 6) is -1.08. The van der Waals surface area contributed by atoms with Gasteiger partial charge in [-0.15, -0.1) is 11.3 Å². The van der Waals surface area contributed by atoms with E-state index in [-0.39, 0.29) is 24.7 Å². The number of nitrogens with zero attached hydrogens (tertiary/aromatic N) is 1. The van der Waals surface area contributed by atoms with E-state index in [1.807, 2.05) is 35.7 Å². The molecule has 2 rings (SSSR count). The lowest BCUT2D eigenvalue weighted by Crippen LogP contribution is -2.30. The Hall–Kier alpha value is -2.21.